The second kappa shape index (κ2) is 8.22. The first-order chi connectivity index (χ1) is 13.0. The number of benzene rings is 3. The second-order valence-electron chi connectivity index (χ2n) is 6.31. The summed E-state index contributed by atoms with van der Waals surface area (Å²) in [6, 6.07) is 20.3. The summed E-state index contributed by atoms with van der Waals surface area (Å²) in [4.78, 5) is 23.7. The zero-order chi connectivity index (χ0) is 19.4. The van der Waals surface area contributed by atoms with Crippen LogP contribution in [-0.4, -0.2) is 16.1 Å². The van der Waals surface area contributed by atoms with Crippen LogP contribution in [0.4, 0.5) is 5.69 Å². The number of carbonyl (C=O) groups excluding carboxylic acids is 1. The van der Waals surface area contributed by atoms with Gasteiger partial charge in [-0.25, -0.2) is 0 Å². The van der Waals surface area contributed by atoms with Gasteiger partial charge in [-0.05, 0) is 42.3 Å². The number of hydrogen-bond donors (Lipinski definition) is 1. The second-order valence-corrected chi connectivity index (χ2v) is 7.72. The molecule has 138 valence electrons. The van der Waals surface area contributed by atoms with Gasteiger partial charge in [0.05, 0.1) is 16.2 Å². The maximum Gasteiger partial charge on any atom is 0.269 e. The Morgan fingerprint density at radius 2 is 1.67 bits per heavy atom. The Morgan fingerprint density at radius 3 is 2.37 bits per heavy atom. The van der Waals surface area contributed by atoms with Crippen LogP contribution < -0.4 is 5.32 Å². The molecule has 2 unspecified atom stereocenters. The number of nitro benzene ring substituents is 1. The molecule has 0 fully saturated rings. The van der Waals surface area contributed by atoms with Crippen LogP contribution in [-0.2, 0) is 4.79 Å². The molecule has 0 bridgehead atoms. The third kappa shape index (κ3) is 4.46. The number of amides is 1. The Morgan fingerprint density at radius 1 is 1.00 bits per heavy atom. The Bertz CT molecular complexity index is 967. The highest BCUT2D eigenvalue weighted by Crippen LogP contribution is 2.27. The van der Waals surface area contributed by atoms with Crippen molar-refractivity contribution < 1.29 is 9.72 Å². The molecule has 1 amide bonds. The molecular formula is C21H20N2O3S. The number of carbonyl (C=O) groups is 1. The topological polar surface area (TPSA) is 72.2 Å². The van der Waals surface area contributed by atoms with Crippen molar-refractivity contribution in [2.24, 2.45) is 0 Å². The first-order valence-electron chi connectivity index (χ1n) is 8.65. The molecule has 0 spiro atoms. The molecular weight excluding hydrogens is 360 g/mol. The summed E-state index contributed by atoms with van der Waals surface area (Å²) in [5, 5.41) is 15.8. The number of non-ortho nitro benzene ring substituents is 1. The van der Waals surface area contributed by atoms with Gasteiger partial charge in [-0.15, -0.1) is 11.8 Å². The fraction of sp³-hybridized carbons (Fsp3) is 0.190. The third-order valence-electron chi connectivity index (χ3n) is 4.38. The molecule has 0 aliphatic rings. The van der Waals surface area contributed by atoms with Crippen LogP contribution in [0.15, 0.2) is 71.6 Å². The average Bonchev–Trinajstić information content (AvgIpc) is 2.67. The number of rotatable bonds is 6. The fourth-order valence-electron chi connectivity index (χ4n) is 2.94. The lowest BCUT2D eigenvalue weighted by Gasteiger charge is -2.19. The van der Waals surface area contributed by atoms with E-state index in [-0.39, 0.29) is 22.9 Å². The molecule has 2 atom stereocenters. The highest BCUT2D eigenvalue weighted by molar-refractivity contribution is 8.00. The average molecular weight is 380 g/mol. The first-order valence-corrected chi connectivity index (χ1v) is 9.53. The highest BCUT2D eigenvalue weighted by Gasteiger charge is 2.18. The molecule has 3 rings (SSSR count). The molecule has 0 aliphatic heterocycles. The van der Waals surface area contributed by atoms with E-state index >= 15 is 0 Å². The molecule has 0 saturated heterocycles. The van der Waals surface area contributed by atoms with E-state index in [9.17, 15) is 14.9 Å². The molecule has 27 heavy (non-hydrogen) atoms. The van der Waals surface area contributed by atoms with E-state index in [1.165, 1.54) is 23.9 Å². The normalized spacial score (nSPS) is 13.1. The number of nitro groups is 1. The van der Waals surface area contributed by atoms with Gasteiger partial charge >= 0.3 is 0 Å². The van der Waals surface area contributed by atoms with Crippen molar-refractivity contribution in [3.8, 4) is 0 Å². The molecule has 6 heteroatoms. The minimum Gasteiger partial charge on any atom is -0.349 e. The fourth-order valence-corrected chi connectivity index (χ4v) is 3.82. The number of nitrogens with one attached hydrogen (secondary N) is 1. The molecule has 0 saturated carbocycles. The standard InChI is InChI=1S/C21H20N2O3S/c1-14(19-9-5-7-16-6-3-4-8-20(16)19)22-21(24)15(2)27-18-12-10-17(11-13-18)23(25)26/h3-15H,1-2H3,(H,22,24). The molecule has 0 aliphatic carbocycles. The van der Waals surface area contributed by atoms with E-state index in [0.717, 1.165) is 21.2 Å². The monoisotopic (exact) mass is 380 g/mol. The molecule has 1 N–H and O–H groups in total. The summed E-state index contributed by atoms with van der Waals surface area (Å²) in [5.74, 6) is -0.0706. The van der Waals surface area contributed by atoms with Gasteiger partial charge in [0.15, 0.2) is 0 Å². The van der Waals surface area contributed by atoms with Crippen molar-refractivity contribution in [1.29, 1.82) is 0 Å². The summed E-state index contributed by atoms with van der Waals surface area (Å²) in [6.07, 6.45) is 0. The van der Waals surface area contributed by atoms with Crippen LogP contribution in [0, 0.1) is 10.1 Å². The summed E-state index contributed by atoms with van der Waals surface area (Å²) >= 11 is 1.38. The maximum absolute atomic E-state index is 12.6. The van der Waals surface area contributed by atoms with Gasteiger partial charge in [0.1, 0.15) is 0 Å². The number of thioether (sulfide) groups is 1. The molecule has 0 aromatic heterocycles. The summed E-state index contributed by atoms with van der Waals surface area (Å²) in [5.41, 5.74) is 1.12. The Labute approximate surface area is 161 Å². The van der Waals surface area contributed by atoms with Crippen LogP contribution in [0.3, 0.4) is 0 Å². The van der Waals surface area contributed by atoms with Gasteiger partial charge in [0.2, 0.25) is 5.91 Å². The summed E-state index contributed by atoms with van der Waals surface area (Å²) in [6.45, 7) is 3.81. The Kier molecular flexibility index (Phi) is 5.76. The van der Waals surface area contributed by atoms with Gasteiger partial charge in [-0.2, -0.15) is 0 Å². The van der Waals surface area contributed by atoms with E-state index in [1.54, 1.807) is 12.1 Å². The SMILES string of the molecule is CC(Sc1ccc([N+](=O)[O-])cc1)C(=O)NC(C)c1cccc2ccccc12. The molecule has 0 radical (unpaired) electrons. The summed E-state index contributed by atoms with van der Waals surface area (Å²) < 4.78 is 0. The maximum atomic E-state index is 12.6. The van der Waals surface area contributed by atoms with E-state index in [1.807, 2.05) is 38.1 Å². The molecule has 0 heterocycles. The van der Waals surface area contributed by atoms with Gasteiger partial charge in [0.25, 0.3) is 5.69 Å². The molecule has 3 aromatic carbocycles. The zero-order valence-corrected chi connectivity index (χ0v) is 15.9. The van der Waals surface area contributed by atoms with Crippen molar-refractivity contribution in [2.75, 3.05) is 0 Å². The van der Waals surface area contributed by atoms with Gasteiger partial charge < -0.3 is 5.32 Å². The van der Waals surface area contributed by atoms with Gasteiger partial charge in [-0.3, -0.25) is 14.9 Å². The van der Waals surface area contributed by atoms with Crippen LogP contribution >= 0.6 is 11.8 Å². The van der Waals surface area contributed by atoms with E-state index < -0.39 is 4.92 Å². The summed E-state index contributed by atoms with van der Waals surface area (Å²) in [7, 11) is 0. The minimum atomic E-state index is -0.434. The van der Waals surface area contributed by atoms with Crippen molar-refractivity contribution in [3.05, 3.63) is 82.4 Å². The van der Waals surface area contributed by atoms with Crippen molar-refractivity contribution >= 4 is 34.1 Å². The molecule has 5 nitrogen and oxygen atoms in total. The first kappa shape index (κ1) is 18.9. The molecule has 3 aromatic rings. The van der Waals surface area contributed by atoms with Crippen molar-refractivity contribution in [2.45, 2.75) is 30.0 Å². The number of nitrogens with zero attached hydrogens (tertiary/aromatic N) is 1. The third-order valence-corrected chi connectivity index (χ3v) is 5.49. The predicted octanol–water partition coefficient (Wildman–Crippen LogP) is 5.11. The van der Waals surface area contributed by atoms with Gasteiger partial charge in [0, 0.05) is 17.0 Å². The van der Waals surface area contributed by atoms with E-state index in [4.69, 9.17) is 0 Å². The largest absolute Gasteiger partial charge is 0.349 e. The lowest BCUT2D eigenvalue weighted by molar-refractivity contribution is -0.384. The van der Waals surface area contributed by atoms with E-state index in [0.29, 0.717) is 0 Å². The number of fused-ring (bicyclic) bond motifs is 1. The lowest BCUT2D eigenvalue weighted by atomic mass is 9.99. The Hall–Kier alpha value is -2.86. The predicted molar refractivity (Wildman–Crippen MR) is 109 cm³/mol. The van der Waals surface area contributed by atoms with Crippen LogP contribution in [0.2, 0.25) is 0 Å². The number of hydrogen-bond acceptors (Lipinski definition) is 4. The van der Waals surface area contributed by atoms with Crippen LogP contribution in [0.1, 0.15) is 25.5 Å². The smallest absolute Gasteiger partial charge is 0.269 e. The zero-order valence-electron chi connectivity index (χ0n) is 15.1. The van der Waals surface area contributed by atoms with Crippen LogP contribution in [0.25, 0.3) is 10.8 Å². The lowest BCUT2D eigenvalue weighted by Crippen LogP contribution is -2.33. The minimum absolute atomic E-state index is 0.0426. The highest BCUT2D eigenvalue weighted by atomic mass is 32.2. The van der Waals surface area contributed by atoms with Crippen molar-refractivity contribution in [3.63, 3.8) is 0 Å². The quantitative estimate of drug-likeness (QED) is 0.367. The van der Waals surface area contributed by atoms with Crippen LogP contribution in [0.5, 0.6) is 0 Å². The van der Waals surface area contributed by atoms with E-state index in [2.05, 4.69) is 23.5 Å². The Balaban J connectivity index is 1.67. The van der Waals surface area contributed by atoms with Gasteiger partial charge in [-0.1, -0.05) is 42.5 Å². The van der Waals surface area contributed by atoms with Crippen molar-refractivity contribution in [1.82, 2.24) is 5.32 Å².